The van der Waals surface area contributed by atoms with Gasteiger partial charge in [0.15, 0.2) is 0 Å². The lowest BCUT2D eigenvalue weighted by Crippen LogP contribution is -2.23. The summed E-state index contributed by atoms with van der Waals surface area (Å²) in [5.41, 5.74) is 1.99. The highest BCUT2D eigenvalue weighted by Gasteiger charge is 2.22. The summed E-state index contributed by atoms with van der Waals surface area (Å²) in [4.78, 5) is 4.14. The predicted octanol–water partition coefficient (Wildman–Crippen LogP) is 1.96. The highest BCUT2D eigenvalue weighted by molar-refractivity contribution is 7.89. The molecule has 0 atom stereocenters. The summed E-state index contributed by atoms with van der Waals surface area (Å²) in [7, 11) is -1.98. The van der Waals surface area contributed by atoms with Gasteiger partial charge < -0.3 is 0 Å². The van der Waals surface area contributed by atoms with Crippen LogP contribution in [0, 0.1) is 0 Å². The molecule has 0 fully saturated rings. The maximum atomic E-state index is 12.6. The van der Waals surface area contributed by atoms with Crippen molar-refractivity contribution < 1.29 is 8.42 Å². The molecule has 0 radical (unpaired) electrons. The first-order valence-corrected chi connectivity index (χ1v) is 8.52. The summed E-state index contributed by atoms with van der Waals surface area (Å²) in [6.07, 6.45) is 4.78. The van der Waals surface area contributed by atoms with E-state index in [-0.39, 0.29) is 11.4 Å². The van der Waals surface area contributed by atoms with E-state index in [1.807, 2.05) is 36.4 Å². The van der Waals surface area contributed by atoms with E-state index < -0.39 is 10.0 Å². The van der Waals surface area contributed by atoms with Gasteiger partial charge in [0.25, 0.3) is 0 Å². The Kier molecular flexibility index (Phi) is 4.22. The lowest BCUT2D eigenvalue weighted by molar-refractivity contribution is 0.581. The molecule has 0 aliphatic heterocycles. The predicted molar refractivity (Wildman–Crippen MR) is 86.9 cm³/mol. The van der Waals surface area contributed by atoms with Crippen LogP contribution < -0.4 is 4.72 Å². The SMILES string of the molecule is Cn1cc(S(=O)(=O)NCc2cccnc2)c(-c2ccccc2)n1. The van der Waals surface area contributed by atoms with Crippen LogP contribution in [0.4, 0.5) is 0 Å². The van der Waals surface area contributed by atoms with Gasteiger partial charge in [-0.15, -0.1) is 0 Å². The summed E-state index contributed by atoms with van der Waals surface area (Å²) in [5, 5.41) is 4.29. The third kappa shape index (κ3) is 3.46. The number of aryl methyl sites for hydroxylation is 1. The Hall–Kier alpha value is -2.51. The van der Waals surface area contributed by atoms with Crippen LogP contribution in [0.15, 0.2) is 66.0 Å². The van der Waals surface area contributed by atoms with Crippen LogP contribution >= 0.6 is 0 Å². The van der Waals surface area contributed by atoms with E-state index in [0.717, 1.165) is 11.1 Å². The Morgan fingerprint density at radius 3 is 2.61 bits per heavy atom. The molecule has 1 aromatic carbocycles. The molecule has 0 spiro atoms. The quantitative estimate of drug-likeness (QED) is 0.777. The average Bonchev–Trinajstić information content (AvgIpc) is 2.98. The molecule has 0 amide bonds. The zero-order valence-corrected chi connectivity index (χ0v) is 13.4. The Balaban J connectivity index is 1.91. The first-order chi connectivity index (χ1) is 11.1. The van der Waals surface area contributed by atoms with Gasteiger partial charge in [-0.25, -0.2) is 13.1 Å². The van der Waals surface area contributed by atoms with E-state index >= 15 is 0 Å². The standard InChI is InChI=1S/C16H16N4O2S/c1-20-12-15(16(19-20)14-7-3-2-4-8-14)23(21,22)18-11-13-6-5-9-17-10-13/h2-10,12,18H,11H2,1H3. The lowest BCUT2D eigenvalue weighted by Gasteiger charge is -2.06. The zero-order chi connectivity index (χ0) is 16.3. The fourth-order valence-corrected chi connectivity index (χ4v) is 3.43. The molecule has 0 saturated heterocycles. The lowest BCUT2D eigenvalue weighted by atomic mass is 10.2. The summed E-state index contributed by atoms with van der Waals surface area (Å²) in [6, 6.07) is 12.8. The second kappa shape index (κ2) is 6.31. The van der Waals surface area contributed by atoms with E-state index in [9.17, 15) is 8.42 Å². The molecular weight excluding hydrogens is 312 g/mol. The number of aromatic nitrogens is 3. The molecule has 0 aliphatic carbocycles. The monoisotopic (exact) mass is 328 g/mol. The third-order valence-electron chi connectivity index (χ3n) is 3.32. The van der Waals surface area contributed by atoms with Gasteiger partial charge in [-0.1, -0.05) is 36.4 Å². The van der Waals surface area contributed by atoms with Crippen LogP contribution in [0.5, 0.6) is 0 Å². The van der Waals surface area contributed by atoms with Gasteiger partial charge in [0.1, 0.15) is 10.6 Å². The van der Waals surface area contributed by atoms with Gasteiger partial charge in [0, 0.05) is 37.7 Å². The number of rotatable bonds is 5. The molecule has 118 valence electrons. The van der Waals surface area contributed by atoms with E-state index in [1.54, 1.807) is 25.5 Å². The number of sulfonamides is 1. The summed E-state index contributed by atoms with van der Waals surface area (Å²) in [5.74, 6) is 0. The second-order valence-electron chi connectivity index (χ2n) is 5.07. The molecule has 0 unspecified atom stereocenters. The van der Waals surface area contributed by atoms with Crippen LogP contribution in [0.1, 0.15) is 5.56 Å². The number of nitrogens with one attached hydrogen (secondary N) is 1. The third-order valence-corrected chi connectivity index (χ3v) is 4.72. The molecule has 2 heterocycles. The average molecular weight is 328 g/mol. The van der Waals surface area contributed by atoms with Crippen LogP contribution in [0.2, 0.25) is 0 Å². The molecule has 2 aromatic heterocycles. The molecule has 7 heteroatoms. The van der Waals surface area contributed by atoms with Gasteiger partial charge >= 0.3 is 0 Å². The van der Waals surface area contributed by atoms with Crippen molar-refractivity contribution in [1.29, 1.82) is 0 Å². The van der Waals surface area contributed by atoms with E-state index in [0.29, 0.717) is 5.69 Å². The Labute approximate surface area is 134 Å². The van der Waals surface area contributed by atoms with E-state index in [1.165, 1.54) is 10.9 Å². The number of pyridine rings is 1. The van der Waals surface area contributed by atoms with Crippen molar-refractivity contribution in [3.63, 3.8) is 0 Å². The first kappa shape index (κ1) is 15.4. The van der Waals surface area contributed by atoms with Crippen LogP contribution in [0.25, 0.3) is 11.3 Å². The van der Waals surface area contributed by atoms with Crippen molar-refractivity contribution in [2.24, 2.45) is 7.05 Å². The normalized spacial score (nSPS) is 11.5. The van der Waals surface area contributed by atoms with Crippen LogP contribution in [0.3, 0.4) is 0 Å². The molecule has 3 rings (SSSR count). The molecule has 1 N–H and O–H groups in total. The van der Waals surface area contributed by atoms with Gasteiger partial charge in [0.2, 0.25) is 10.0 Å². The highest BCUT2D eigenvalue weighted by Crippen LogP contribution is 2.25. The second-order valence-corrected chi connectivity index (χ2v) is 6.80. The minimum Gasteiger partial charge on any atom is -0.274 e. The molecular formula is C16H16N4O2S. The molecule has 6 nitrogen and oxygen atoms in total. The summed E-state index contributed by atoms with van der Waals surface area (Å²) >= 11 is 0. The highest BCUT2D eigenvalue weighted by atomic mass is 32.2. The van der Waals surface area contributed by atoms with Gasteiger partial charge in [-0.05, 0) is 11.6 Å². The van der Waals surface area contributed by atoms with Crippen molar-refractivity contribution in [1.82, 2.24) is 19.5 Å². The van der Waals surface area contributed by atoms with Crippen LogP contribution in [-0.4, -0.2) is 23.2 Å². The van der Waals surface area contributed by atoms with Crippen molar-refractivity contribution in [2.75, 3.05) is 0 Å². The fraction of sp³-hybridized carbons (Fsp3) is 0.125. The fourth-order valence-electron chi connectivity index (χ4n) is 2.22. The topological polar surface area (TPSA) is 76.9 Å². The van der Waals surface area contributed by atoms with Crippen molar-refractivity contribution in [3.05, 3.63) is 66.6 Å². The number of nitrogens with zero attached hydrogens (tertiary/aromatic N) is 3. The molecule has 23 heavy (non-hydrogen) atoms. The molecule has 3 aromatic rings. The van der Waals surface area contributed by atoms with E-state index in [4.69, 9.17) is 0 Å². The van der Waals surface area contributed by atoms with E-state index in [2.05, 4.69) is 14.8 Å². The van der Waals surface area contributed by atoms with Crippen molar-refractivity contribution in [3.8, 4) is 11.3 Å². The zero-order valence-electron chi connectivity index (χ0n) is 12.5. The summed E-state index contributed by atoms with van der Waals surface area (Å²) < 4.78 is 29.4. The number of hydrogen-bond donors (Lipinski definition) is 1. The van der Waals surface area contributed by atoms with Crippen molar-refractivity contribution in [2.45, 2.75) is 11.4 Å². The molecule has 0 aliphatic rings. The Bertz CT molecular complexity index is 890. The number of benzene rings is 1. The Morgan fingerprint density at radius 2 is 1.91 bits per heavy atom. The first-order valence-electron chi connectivity index (χ1n) is 7.04. The largest absolute Gasteiger partial charge is 0.274 e. The van der Waals surface area contributed by atoms with Gasteiger partial charge in [-0.3, -0.25) is 9.67 Å². The minimum atomic E-state index is -3.68. The van der Waals surface area contributed by atoms with Gasteiger partial charge in [-0.2, -0.15) is 5.10 Å². The van der Waals surface area contributed by atoms with Gasteiger partial charge in [0.05, 0.1) is 0 Å². The number of hydrogen-bond acceptors (Lipinski definition) is 4. The molecule has 0 saturated carbocycles. The maximum Gasteiger partial charge on any atom is 0.244 e. The maximum absolute atomic E-state index is 12.6. The molecule has 0 bridgehead atoms. The van der Waals surface area contributed by atoms with Crippen LogP contribution in [-0.2, 0) is 23.6 Å². The summed E-state index contributed by atoms with van der Waals surface area (Å²) in [6.45, 7) is 0.180. The smallest absolute Gasteiger partial charge is 0.244 e. The minimum absolute atomic E-state index is 0.162. The van der Waals surface area contributed by atoms with Crippen molar-refractivity contribution >= 4 is 10.0 Å². The Morgan fingerprint density at radius 1 is 1.13 bits per heavy atom.